The van der Waals surface area contributed by atoms with Gasteiger partial charge in [0, 0.05) is 6.54 Å². The van der Waals surface area contributed by atoms with Crippen LogP contribution in [0.4, 0.5) is 0 Å². The van der Waals surface area contributed by atoms with Crippen LogP contribution in [0.5, 0.6) is 0 Å². The fourth-order valence-electron chi connectivity index (χ4n) is 3.13. The molecule has 0 aromatic rings. The van der Waals surface area contributed by atoms with E-state index in [1.54, 1.807) is 0 Å². The number of hydrogen-bond acceptors (Lipinski definition) is 6. The van der Waals surface area contributed by atoms with Gasteiger partial charge < -0.3 is 10.2 Å². The lowest BCUT2D eigenvalue weighted by Crippen LogP contribution is -2.36. The Kier molecular flexibility index (Phi) is 8.39. The molecule has 2 rings (SSSR count). The van der Waals surface area contributed by atoms with Gasteiger partial charge in [-0.25, -0.2) is 27.1 Å². The number of rotatable bonds is 4. The molecule has 10 heteroatoms. The van der Waals surface area contributed by atoms with E-state index < -0.39 is 20.0 Å². The first-order chi connectivity index (χ1) is 10.6. The Morgan fingerprint density at radius 2 is 1.57 bits per heavy atom. The van der Waals surface area contributed by atoms with E-state index in [0.717, 1.165) is 51.9 Å². The maximum absolute atomic E-state index is 10.8. The van der Waals surface area contributed by atoms with Gasteiger partial charge in [-0.05, 0) is 64.2 Å². The van der Waals surface area contributed by atoms with Crippen molar-refractivity contribution >= 4 is 20.0 Å². The molecule has 2 heterocycles. The predicted molar refractivity (Wildman–Crippen MR) is 91.8 cm³/mol. The van der Waals surface area contributed by atoms with Gasteiger partial charge in [-0.1, -0.05) is 0 Å². The van der Waals surface area contributed by atoms with Gasteiger partial charge in [-0.2, -0.15) is 0 Å². The quantitative estimate of drug-likeness (QED) is 0.574. The highest BCUT2D eigenvalue weighted by atomic mass is 32.2. The van der Waals surface area contributed by atoms with Crippen molar-refractivity contribution in [1.29, 1.82) is 0 Å². The number of piperidine rings is 2. The highest BCUT2D eigenvalue weighted by Crippen LogP contribution is 2.15. The Labute approximate surface area is 140 Å². The second-order valence-electron chi connectivity index (χ2n) is 6.64. The van der Waals surface area contributed by atoms with Crippen molar-refractivity contribution in [3.05, 3.63) is 0 Å². The molecule has 2 unspecified atom stereocenters. The Hall–Kier alpha value is -0.260. The summed E-state index contributed by atoms with van der Waals surface area (Å²) in [7, 11) is -4.53. The Morgan fingerprint density at radius 1 is 1.00 bits per heavy atom. The lowest BCUT2D eigenvalue weighted by atomic mass is 10.0. The van der Waals surface area contributed by atoms with Crippen molar-refractivity contribution in [3.8, 4) is 0 Å². The number of nitrogens with one attached hydrogen (secondary N) is 1. The summed E-state index contributed by atoms with van der Waals surface area (Å²) in [5.41, 5.74) is 0. The molecule has 0 amide bonds. The van der Waals surface area contributed by atoms with Gasteiger partial charge in [0.1, 0.15) is 0 Å². The fourth-order valence-corrected chi connectivity index (χ4v) is 5.00. The van der Waals surface area contributed by atoms with E-state index in [4.69, 9.17) is 10.3 Å². The zero-order valence-corrected chi connectivity index (χ0v) is 15.4. The molecule has 0 aliphatic carbocycles. The summed E-state index contributed by atoms with van der Waals surface area (Å²) >= 11 is 0. The minimum atomic E-state index is -3.27. The molecule has 2 aliphatic heterocycles. The average molecular weight is 371 g/mol. The standard InChI is InChI=1S/C7H16N2O2S.C6H14N2O2S/c1-9-4-2-3-7(5-9)6-12(8,10)11;7-11(9,10)5-6-2-1-3-8-4-6/h7H,2-6H2,1H3,(H2,8,10,11);6,8H,1-5H2,(H2,7,9,10). The van der Waals surface area contributed by atoms with Gasteiger partial charge in [0.05, 0.1) is 11.5 Å². The largest absolute Gasteiger partial charge is 0.316 e. The monoisotopic (exact) mass is 370 g/mol. The van der Waals surface area contributed by atoms with Gasteiger partial charge in [-0.15, -0.1) is 0 Å². The van der Waals surface area contributed by atoms with Crippen LogP contribution in [0, 0.1) is 11.8 Å². The fraction of sp³-hybridized carbons (Fsp3) is 1.00. The number of primary sulfonamides is 2. The summed E-state index contributed by atoms with van der Waals surface area (Å²) in [5.74, 6) is 0.717. The maximum Gasteiger partial charge on any atom is 0.209 e. The Balaban J connectivity index is 0.000000231. The first-order valence-corrected chi connectivity index (χ1v) is 11.4. The van der Waals surface area contributed by atoms with Gasteiger partial charge >= 0.3 is 0 Å². The molecule has 0 aromatic heterocycles. The molecule has 2 fully saturated rings. The summed E-state index contributed by atoms with van der Waals surface area (Å²) < 4.78 is 42.8. The van der Waals surface area contributed by atoms with Crippen molar-refractivity contribution in [2.24, 2.45) is 22.1 Å². The third-order valence-corrected chi connectivity index (χ3v) is 5.93. The third-order valence-electron chi connectivity index (χ3n) is 4.06. The maximum atomic E-state index is 10.8. The highest BCUT2D eigenvalue weighted by molar-refractivity contribution is 7.89. The molecule has 0 spiro atoms. The Bertz CT molecular complexity index is 544. The van der Waals surface area contributed by atoms with Crippen LogP contribution < -0.4 is 15.6 Å². The van der Waals surface area contributed by atoms with E-state index in [-0.39, 0.29) is 23.3 Å². The third kappa shape index (κ3) is 11.0. The molecule has 0 saturated carbocycles. The summed E-state index contributed by atoms with van der Waals surface area (Å²) in [6, 6.07) is 0. The van der Waals surface area contributed by atoms with Gasteiger partial charge in [0.2, 0.25) is 20.0 Å². The van der Waals surface area contributed by atoms with E-state index >= 15 is 0 Å². The summed E-state index contributed by atoms with van der Waals surface area (Å²) in [4.78, 5) is 2.15. The molecule has 8 nitrogen and oxygen atoms in total. The van der Waals surface area contributed by atoms with Crippen LogP contribution in [0.2, 0.25) is 0 Å². The number of likely N-dealkylation sites (tertiary alicyclic amines) is 1. The predicted octanol–water partition coefficient (Wildman–Crippen LogP) is -1.11. The smallest absolute Gasteiger partial charge is 0.209 e. The van der Waals surface area contributed by atoms with E-state index in [2.05, 4.69) is 10.2 Å². The Morgan fingerprint density at radius 3 is 2.04 bits per heavy atom. The molecule has 2 aliphatic rings. The zero-order valence-electron chi connectivity index (χ0n) is 13.8. The van der Waals surface area contributed by atoms with E-state index in [1.165, 1.54) is 0 Å². The molecular formula is C13H30N4O4S2. The van der Waals surface area contributed by atoms with Crippen LogP contribution in [0.15, 0.2) is 0 Å². The van der Waals surface area contributed by atoms with Crippen LogP contribution in [-0.2, 0) is 20.0 Å². The number of nitrogens with zero attached hydrogens (tertiary/aromatic N) is 1. The number of hydrogen-bond donors (Lipinski definition) is 3. The lowest BCUT2D eigenvalue weighted by Gasteiger charge is -2.28. The summed E-state index contributed by atoms with van der Waals surface area (Å²) in [5, 5.41) is 13.0. The second kappa shape index (κ2) is 9.28. The van der Waals surface area contributed by atoms with Crippen molar-refractivity contribution in [2.75, 3.05) is 44.7 Å². The molecule has 2 atom stereocenters. The summed E-state index contributed by atoms with van der Waals surface area (Å²) in [6.45, 7) is 3.72. The topological polar surface area (TPSA) is 136 Å². The van der Waals surface area contributed by atoms with E-state index in [0.29, 0.717) is 0 Å². The summed E-state index contributed by atoms with van der Waals surface area (Å²) in [6.07, 6.45) is 4.10. The van der Waals surface area contributed by atoms with Gasteiger partial charge in [0.15, 0.2) is 0 Å². The van der Waals surface area contributed by atoms with Crippen LogP contribution in [0.1, 0.15) is 25.7 Å². The normalized spacial score (nSPS) is 27.1. The second-order valence-corrected chi connectivity index (χ2v) is 9.96. The average Bonchev–Trinajstić information content (AvgIpc) is 2.36. The number of sulfonamides is 2. The molecule has 0 bridgehead atoms. The van der Waals surface area contributed by atoms with Crippen LogP contribution in [-0.4, -0.2) is 66.5 Å². The first-order valence-electron chi connectivity index (χ1n) is 7.95. The van der Waals surface area contributed by atoms with Crippen molar-refractivity contribution in [3.63, 3.8) is 0 Å². The SMILES string of the molecule is CN1CCCC(CS(N)(=O)=O)C1.NS(=O)(=O)CC1CCCNC1. The van der Waals surface area contributed by atoms with Gasteiger partial charge in [0.25, 0.3) is 0 Å². The molecular weight excluding hydrogens is 340 g/mol. The molecule has 5 N–H and O–H groups in total. The number of nitrogens with two attached hydrogens (primary N) is 2. The van der Waals surface area contributed by atoms with Crippen molar-refractivity contribution in [1.82, 2.24) is 10.2 Å². The molecule has 0 aromatic carbocycles. The van der Waals surface area contributed by atoms with Crippen molar-refractivity contribution in [2.45, 2.75) is 25.7 Å². The van der Waals surface area contributed by atoms with Gasteiger partial charge in [-0.3, -0.25) is 0 Å². The highest BCUT2D eigenvalue weighted by Gasteiger charge is 2.21. The minimum absolute atomic E-state index is 0.125. The molecule has 2 saturated heterocycles. The van der Waals surface area contributed by atoms with E-state index in [9.17, 15) is 16.8 Å². The zero-order chi connectivity index (χ0) is 17.5. The van der Waals surface area contributed by atoms with Crippen LogP contribution in [0.25, 0.3) is 0 Å². The van der Waals surface area contributed by atoms with E-state index in [1.807, 2.05) is 7.05 Å². The molecule has 0 radical (unpaired) electrons. The van der Waals surface area contributed by atoms with Crippen LogP contribution in [0.3, 0.4) is 0 Å². The molecule has 138 valence electrons. The van der Waals surface area contributed by atoms with Crippen molar-refractivity contribution < 1.29 is 16.8 Å². The first kappa shape index (κ1) is 20.8. The lowest BCUT2D eigenvalue weighted by molar-refractivity contribution is 0.223. The van der Waals surface area contributed by atoms with Crippen LogP contribution >= 0.6 is 0 Å². The molecule has 23 heavy (non-hydrogen) atoms. The minimum Gasteiger partial charge on any atom is -0.316 e.